The Kier molecular flexibility index (Phi) is 5.07. The van der Waals surface area contributed by atoms with Crippen molar-refractivity contribution in [2.24, 2.45) is 0 Å². The molecule has 0 radical (unpaired) electrons. The summed E-state index contributed by atoms with van der Waals surface area (Å²) >= 11 is 1.45. The Labute approximate surface area is 165 Å². The summed E-state index contributed by atoms with van der Waals surface area (Å²) in [5, 5.41) is 0.547. The number of sulfonamides is 1. The fraction of sp³-hybridized carbons (Fsp3) is 0.316. The molecule has 0 saturated carbocycles. The topological polar surface area (TPSA) is 59.5 Å². The summed E-state index contributed by atoms with van der Waals surface area (Å²) < 4.78 is 61.2. The van der Waals surface area contributed by atoms with Crippen LogP contribution < -0.4 is 4.74 Å². The molecule has 1 aliphatic heterocycles. The van der Waals surface area contributed by atoms with Crippen LogP contribution in [0, 0.1) is 18.6 Å². The summed E-state index contributed by atoms with van der Waals surface area (Å²) in [5.74, 6) is -2.16. The maximum atomic E-state index is 13.9. The number of rotatable bonds is 4. The molecule has 1 aliphatic rings. The fourth-order valence-corrected chi connectivity index (χ4v) is 5.85. The first-order valence-electron chi connectivity index (χ1n) is 8.83. The van der Waals surface area contributed by atoms with Gasteiger partial charge < -0.3 is 4.74 Å². The first-order valence-corrected chi connectivity index (χ1v) is 11.1. The molecule has 0 unspecified atom stereocenters. The molecule has 9 heteroatoms. The minimum atomic E-state index is -4.23. The van der Waals surface area contributed by atoms with Crippen LogP contribution in [0.1, 0.15) is 18.4 Å². The van der Waals surface area contributed by atoms with Crippen molar-refractivity contribution in [3.63, 3.8) is 0 Å². The largest absolute Gasteiger partial charge is 0.467 e. The maximum absolute atomic E-state index is 13.9. The summed E-state index contributed by atoms with van der Waals surface area (Å²) in [7, 11) is -4.23. The fourth-order valence-electron chi connectivity index (χ4n) is 3.31. The van der Waals surface area contributed by atoms with Crippen LogP contribution in [0.3, 0.4) is 0 Å². The van der Waals surface area contributed by atoms with E-state index in [4.69, 9.17) is 4.74 Å². The average molecular weight is 424 g/mol. The lowest BCUT2D eigenvalue weighted by atomic mass is 10.1. The highest BCUT2D eigenvalue weighted by molar-refractivity contribution is 7.89. The van der Waals surface area contributed by atoms with E-state index in [0.29, 0.717) is 18.0 Å². The Morgan fingerprint density at radius 2 is 1.75 bits per heavy atom. The van der Waals surface area contributed by atoms with Gasteiger partial charge in [-0.05, 0) is 43.5 Å². The normalized spacial score (nSPS) is 16.5. The number of nitrogens with zero attached hydrogens (tertiary/aromatic N) is 2. The van der Waals surface area contributed by atoms with E-state index in [1.807, 2.05) is 25.1 Å². The van der Waals surface area contributed by atoms with Gasteiger partial charge in [-0.25, -0.2) is 22.2 Å². The first kappa shape index (κ1) is 19.2. The van der Waals surface area contributed by atoms with Crippen LogP contribution in [0.2, 0.25) is 0 Å². The van der Waals surface area contributed by atoms with Crippen molar-refractivity contribution in [1.82, 2.24) is 9.29 Å². The van der Waals surface area contributed by atoms with Gasteiger partial charge in [0.05, 0.1) is 10.2 Å². The van der Waals surface area contributed by atoms with Crippen LogP contribution >= 0.6 is 11.3 Å². The molecule has 1 fully saturated rings. The number of fused-ring (bicyclic) bond motifs is 1. The van der Waals surface area contributed by atoms with Crippen molar-refractivity contribution in [2.75, 3.05) is 13.1 Å². The average Bonchev–Trinajstić information content (AvgIpc) is 3.06. The maximum Gasteiger partial charge on any atom is 0.274 e. The van der Waals surface area contributed by atoms with Crippen molar-refractivity contribution >= 4 is 31.6 Å². The third-order valence-corrected chi connectivity index (χ3v) is 7.65. The van der Waals surface area contributed by atoms with Crippen LogP contribution in [0.25, 0.3) is 10.2 Å². The van der Waals surface area contributed by atoms with Crippen LogP contribution in [0.15, 0.2) is 41.3 Å². The van der Waals surface area contributed by atoms with E-state index >= 15 is 0 Å². The molecular formula is C19H18F2N2O3S2. The number of hydrogen-bond donors (Lipinski definition) is 0. The van der Waals surface area contributed by atoms with Crippen molar-refractivity contribution in [3.8, 4) is 5.19 Å². The Hall–Kier alpha value is -2.10. The van der Waals surface area contributed by atoms with E-state index in [0.717, 1.165) is 38.3 Å². The molecule has 28 heavy (non-hydrogen) atoms. The Morgan fingerprint density at radius 3 is 2.39 bits per heavy atom. The number of aryl methyl sites for hydroxylation is 1. The van der Waals surface area contributed by atoms with Gasteiger partial charge in [-0.3, -0.25) is 0 Å². The van der Waals surface area contributed by atoms with E-state index in [-0.39, 0.29) is 19.2 Å². The molecule has 2 aromatic carbocycles. The number of ether oxygens (including phenoxy) is 1. The predicted octanol–water partition coefficient (Wildman–Crippen LogP) is 4.12. The number of hydrogen-bond acceptors (Lipinski definition) is 5. The predicted molar refractivity (Wildman–Crippen MR) is 103 cm³/mol. The third kappa shape index (κ3) is 3.49. The van der Waals surface area contributed by atoms with Gasteiger partial charge in [0, 0.05) is 13.1 Å². The molecule has 0 aliphatic carbocycles. The lowest BCUT2D eigenvalue weighted by Gasteiger charge is -2.30. The first-order chi connectivity index (χ1) is 13.4. The molecule has 0 atom stereocenters. The van der Waals surface area contributed by atoms with Gasteiger partial charge in [0.15, 0.2) is 4.90 Å². The lowest BCUT2D eigenvalue weighted by molar-refractivity contribution is 0.134. The molecule has 0 spiro atoms. The monoisotopic (exact) mass is 424 g/mol. The van der Waals surface area contributed by atoms with Crippen LogP contribution in [0.5, 0.6) is 5.19 Å². The molecule has 5 nitrogen and oxygen atoms in total. The van der Waals surface area contributed by atoms with Crippen LogP contribution in [-0.4, -0.2) is 36.9 Å². The van der Waals surface area contributed by atoms with Gasteiger partial charge in [0.1, 0.15) is 17.7 Å². The number of aromatic nitrogens is 1. The van der Waals surface area contributed by atoms with Gasteiger partial charge >= 0.3 is 0 Å². The summed E-state index contributed by atoms with van der Waals surface area (Å²) in [6.45, 7) is 2.24. The Morgan fingerprint density at radius 1 is 1.11 bits per heavy atom. The van der Waals surface area contributed by atoms with Gasteiger partial charge in [-0.2, -0.15) is 4.31 Å². The SMILES string of the molecule is Cc1cccc2sc(OC3CCN(S(=O)(=O)c4c(F)cccc4F)CC3)nc12. The Balaban J connectivity index is 1.46. The molecule has 1 saturated heterocycles. The van der Waals surface area contributed by atoms with Crippen LogP contribution in [-0.2, 0) is 10.0 Å². The molecular weight excluding hydrogens is 406 g/mol. The second-order valence-electron chi connectivity index (χ2n) is 6.67. The summed E-state index contributed by atoms with van der Waals surface area (Å²) in [6, 6.07) is 8.96. The molecule has 148 valence electrons. The molecule has 1 aromatic heterocycles. The number of benzene rings is 2. The zero-order valence-electron chi connectivity index (χ0n) is 15.1. The molecule has 3 aromatic rings. The Bertz CT molecular complexity index is 1100. The second-order valence-corrected chi connectivity index (χ2v) is 9.54. The van der Waals surface area contributed by atoms with E-state index in [1.165, 1.54) is 11.3 Å². The lowest BCUT2D eigenvalue weighted by Crippen LogP contribution is -2.42. The van der Waals surface area contributed by atoms with Crippen molar-refractivity contribution in [3.05, 3.63) is 53.6 Å². The number of thiazole rings is 1. The molecule has 0 bridgehead atoms. The summed E-state index contributed by atoms with van der Waals surface area (Å²) in [5.41, 5.74) is 1.97. The summed E-state index contributed by atoms with van der Waals surface area (Å²) in [4.78, 5) is 3.62. The summed E-state index contributed by atoms with van der Waals surface area (Å²) in [6.07, 6.45) is 0.645. The minimum Gasteiger partial charge on any atom is -0.467 e. The van der Waals surface area contributed by atoms with E-state index in [9.17, 15) is 17.2 Å². The highest BCUT2D eigenvalue weighted by Crippen LogP contribution is 2.32. The minimum absolute atomic E-state index is 0.130. The number of piperidine rings is 1. The van der Waals surface area contributed by atoms with E-state index < -0.39 is 26.6 Å². The van der Waals surface area contributed by atoms with Gasteiger partial charge in [0.2, 0.25) is 10.0 Å². The van der Waals surface area contributed by atoms with Crippen LogP contribution in [0.4, 0.5) is 8.78 Å². The number of para-hydroxylation sites is 1. The molecule has 0 amide bonds. The van der Waals surface area contributed by atoms with Gasteiger partial charge in [-0.15, -0.1) is 0 Å². The third-order valence-electron chi connectivity index (χ3n) is 4.79. The highest BCUT2D eigenvalue weighted by Gasteiger charge is 2.34. The quantitative estimate of drug-likeness (QED) is 0.632. The van der Waals surface area contributed by atoms with Gasteiger partial charge in [0.25, 0.3) is 5.19 Å². The second kappa shape index (κ2) is 7.38. The standard InChI is InChI=1S/C19H18F2N2O3S2/c1-12-4-2-7-16-17(12)22-19(27-16)26-13-8-10-23(11-9-13)28(24,25)18-14(20)5-3-6-15(18)21/h2-7,13H,8-11H2,1H3. The highest BCUT2D eigenvalue weighted by atomic mass is 32.2. The smallest absolute Gasteiger partial charge is 0.274 e. The van der Waals surface area contributed by atoms with E-state index in [1.54, 1.807) is 0 Å². The molecule has 4 rings (SSSR count). The molecule has 2 heterocycles. The zero-order chi connectivity index (χ0) is 19.9. The molecule has 0 N–H and O–H groups in total. The van der Waals surface area contributed by atoms with Crippen molar-refractivity contribution in [1.29, 1.82) is 0 Å². The zero-order valence-corrected chi connectivity index (χ0v) is 16.7. The van der Waals surface area contributed by atoms with Crippen molar-refractivity contribution < 1.29 is 21.9 Å². The van der Waals surface area contributed by atoms with E-state index in [2.05, 4.69) is 4.98 Å². The van der Waals surface area contributed by atoms with Crippen molar-refractivity contribution in [2.45, 2.75) is 30.8 Å². The van der Waals surface area contributed by atoms with Gasteiger partial charge in [-0.1, -0.05) is 29.5 Å². The number of halogens is 2.